The molecule has 0 amide bonds. The minimum Gasteiger partial charge on any atom is -0.378 e. The molecule has 0 aromatic heterocycles. The minimum atomic E-state index is 0. The van der Waals surface area contributed by atoms with Crippen LogP contribution in [0.3, 0.4) is 0 Å². The molecule has 6 heteroatoms. The molecule has 2 aliphatic rings. The summed E-state index contributed by atoms with van der Waals surface area (Å²) in [5.74, 6) is 0.949. The molecule has 2 N–H and O–H groups in total. The number of nitrogens with zero attached hydrogens (tertiary/aromatic N) is 1. The second-order valence-corrected chi connectivity index (χ2v) is 7.63. The van der Waals surface area contributed by atoms with Gasteiger partial charge in [-0.05, 0) is 44.8 Å². The van der Waals surface area contributed by atoms with Crippen molar-refractivity contribution < 1.29 is 4.74 Å². The average molecular weight is 455 g/mol. The average Bonchev–Trinajstić information content (AvgIpc) is 3.02. The number of nitrogens with one attached hydrogen (secondary N) is 2. The molecule has 0 spiro atoms. The first-order valence-corrected chi connectivity index (χ1v) is 10.2. The van der Waals surface area contributed by atoms with Crippen LogP contribution in [0.15, 0.2) is 4.99 Å². The second-order valence-electron chi connectivity index (χ2n) is 6.50. The van der Waals surface area contributed by atoms with Crippen molar-refractivity contribution in [2.45, 2.75) is 75.2 Å². The van der Waals surface area contributed by atoms with E-state index in [0.29, 0.717) is 12.1 Å². The monoisotopic (exact) mass is 455 g/mol. The Labute approximate surface area is 163 Å². The third-order valence-electron chi connectivity index (χ3n) is 4.80. The summed E-state index contributed by atoms with van der Waals surface area (Å²) in [5.41, 5.74) is 0. The van der Waals surface area contributed by atoms with Crippen LogP contribution >= 0.6 is 35.7 Å². The largest absolute Gasteiger partial charge is 0.378 e. The summed E-state index contributed by atoms with van der Waals surface area (Å²) in [6.45, 7) is 1.80. The highest BCUT2D eigenvalue weighted by molar-refractivity contribution is 14.0. The zero-order valence-corrected chi connectivity index (χ0v) is 17.8. The van der Waals surface area contributed by atoms with Gasteiger partial charge in [-0.2, -0.15) is 11.8 Å². The Kier molecular flexibility index (Phi) is 11.7. The van der Waals surface area contributed by atoms with Gasteiger partial charge in [-0.25, -0.2) is 0 Å². The molecule has 0 bridgehead atoms. The number of hydrogen-bond donors (Lipinski definition) is 2. The number of rotatable bonds is 7. The Bertz CT molecular complexity index is 338. The normalized spacial score (nSPS) is 25.9. The van der Waals surface area contributed by atoms with E-state index in [0.717, 1.165) is 30.8 Å². The van der Waals surface area contributed by atoms with Crippen molar-refractivity contribution in [1.82, 2.24) is 10.6 Å². The van der Waals surface area contributed by atoms with Crippen LogP contribution in [0.25, 0.3) is 0 Å². The number of aliphatic imine (C=N–C) groups is 1. The van der Waals surface area contributed by atoms with E-state index in [4.69, 9.17) is 4.74 Å². The maximum absolute atomic E-state index is 5.96. The van der Waals surface area contributed by atoms with Crippen LogP contribution in [0.4, 0.5) is 0 Å². The summed E-state index contributed by atoms with van der Waals surface area (Å²) >= 11 is 1.99. The molecular formula is C17H34IN3OS. The van der Waals surface area contributed by atoms with Crippen molar-refractivity contribution in [2.24, 2.45) is 4.99 Å². The highest BCUT2D eigenvalue weighted by Crippen LogP contribution is 2.28. The molecular weight excluding hydrogens is 421 g/mol. The van der Waals surface area contributed by atoms with E-state index in [-0.39, 0.29) is 24.0 Å². The van der Waals surface area contributed by atoms with Gasteiger partial charge in [0.05, 0.1) is 6.10 Å². The quantitative estimate of drug-likeness (QED) is 0.265. The summed E-state index contributed by atoms with van der Waals surface area (Å²) in [4.78, 5) is 4.34. The van der Waals surface area contributed by atoms with Crippen molar-refractivity contribution in [2.75, 3.05) is 26.5 Å². The third kappa shape index (κ3) is 8.29. The van der Waals surface area contributed by atoms with Crippen molar-refractivity contribution in [1.29, 1.82) is 0 Å². The van der Waals surface area contributed by atoms with Gasteiger partial charge in [0.2, 0.25) is 0 Å². The van der Waals surface area contributed by atoms with Crippen LogP contribution in [0, 0.1) is 0 Å². The maximum Gasteiger partial charge on any atom is 0.191 e. The highest BCUT2D eigenvalue weighted by Gasteiger charge is 2.24. The summed E-state index contributed by atoms with van der Waals surface area (Å²) < 4.78 is 5.96. The van der Waals surface area contributed by atoms with Gasteiger partial charge < -0.3 is 15.4 Å². The topological polar surface area (TPSA) is 45.7 Å². The SMILES string of the molecule is CN=C(NCCCOC1CCCCC1)NC1CCC(SC)C1.I. The molecule has 0 saturated heterocycles. The second kappa shape index (κ2) is 12.6. The number of hydrogen-bond acceptors (Lipinski definition) is 3. The Morgan fingerprint density at radius 1 is 1.17 bits per heavy atom. The first kappa shape index (κ1) is 21.4. The fourth-order valence-electron chi connectivity index (χ4n) is 3.43. The van der Waals surface area contributed by atoms with E-state index in [9.17, 15) is 0 Å². The summed E-state index contributed by atoms with van der Waals surface area (Å²) in [6.07, 6.45) is 14.2. The lowest BCUT2D eigenvalue weighted by atomic mass is 9.98. The zero-order valence-electron chi connectivity index (χ0n) is 14.7. The molecule has 2 fully saturated rings. The van der Waals surface area contributed by atoms with Gasteiger partial charge in [0.1, 0.15) is 0 Å². The molecule has 4 nitrogen and oxygen atoms in total. The fraction of sp³-hybridized carbons (Fsp3) is 0.941. The number of ether oxygens (including phenoxy) is 1. The van der Waals surface area contributed by atoms with Gasteiger partial charge in [0, 0.05) is 31.5 Å². The van der Waals surface area contributed by atoms with Crippen molar-refractivity contribution in [3.63, 3.8) is 0 Å². The first-order chi connectivity index (χ1) is 10.8. The molecule has 2 rings (SSSR count). The smallest absolute Gasteiger partial charge is 0.191 e. The van der Waals surface area contributed by atoms with Crippen LogP contribution in [-0.4, -0.2) is 49.8 Å². The molecule has 2 unspecified atom stereocenters. The number of thioether (sulfide) groups is 1. The first-order valence-electron chi connectivity index (χ1n) is 8.93. The van der Waals surface area contributed by atoms with Crippen molar-refractivity contribution in [3.05, 3.63) is 0 Å². The van der Waals surface area contributed by atoms with E-state index in [2.05, 4.69) is 21.9 Å². The van der Waals surface area contributed by atoms with Gasteiger partial charge in [-0.15, -0.1) is 24.0 Å². The van der Waals surface area contributed by atoms with E-state index in [1.54, 1.807) is 0 Å². The third-order valence-corrected chi connectivity index (χ3v) is 5.90. The summed E-state index contributed by atoms with van der Waals surface area (Å²) in [5, 5.41) is 7.79. The van der Waals surface area contributed by atoms with E-state index < -0.39 is 0 Å². The molecule has 0 heterocycles. The van der Waals surface area contributed by atoms with Crippen LogP contribution in [0.2, 0.25) is 0 Å². The predicted molar refractivity (Wildman–Crippen MR) is 112 cm³/mol. The Morgan fingerprint density at radius 2 is 1.96 bits per heavy atom. The van der Waals surface area contributed by atoms with E-state index >= 15 is 0 Å². The van der Waals surface area contributed by atoms with Crippen molar-refractivity contribution >= 4 is 41.7 Å². The highest BCUT2D eigenvalue weighted by atomic mass is 127. The lowest BCUT2D eigenvalue weighted by molar-refractivity contribution is 0.0277. The van der Waals surface area contributed by atoms with Gasteiger partial charge in [-0.1, -0.05) is 19.3 Å². The Hall–Kier alpha value is 0.310. The Morgan fingerprint density at radius 3 is 2.61 bits per heavy atom. The Balaban J connectivity index is 0.00000264. The standard InChI is InChI=1S/C17H33N3OS.HI/c1-18-17(20-14-9-10-16(13-14)22-2)19-11-6-12-21-15-7-4-3-5-8-15;/h14-16H,3-13H2,1-2H3,(H2,18,19,20);1H. The molecule has 23 heavy (non-hydrogen) atoms. The van der Waals surface area contributed by atoms with E-state index in [1.807, 2.05) is 18.8 Å². The van der Waals surface area contributed by atoms with Crippen LogP contribution < -0.4 is 10.6 Å². The minimum absolute atomic E-state index is 0. The number of halogens is 1. The summed E-state index contributed by atoms with van der Waals surface area (Å²) in [7, 11) is 1.86. The lowest BCUT2D eigenvalue weighted by Crippen LogP contribution is -2.43. The molecule has 2 atom stereocenters. The maximum atomic E-state index is 5.96. The van der Waals surface area contributed by atoms with Crippen LogP contribution in [0.1, 0.15) is 57.8 Å². The lowest BCUT2D eigenvalue weighted by Gasteiger charge is -2.22. The van der Waals surface area contributed by atoms with Crippen molar-refractivity contribution in [3.8, 4) is 0 Å². The van der Waals surface area contributed by atoms with Gasteiger partial charge in [0.25, 0.3) is 0 Å². The summed E-state index contributed by atoms with van der Waals surface area (Å²) in [6, 6.07) is 0.585. The van der Waals surface area contributed by atoms with Gasteiger partial charge in [-0.3, -0.25) is 4.99 Å². The molecule has 2 aliphatic carbocycles. The van der Waals surface area contributed by atoms with Crippen LogP contribution in [-0.2, 0) is 4.74 Å². The van der Waals surface area contributed by atoms with Gasteiger partial charge >= 0.3 is 0 Å². The van der Waals surface area contributed by atoms with Gasteiger partial charge in [0.15, 0.2) is 5.96 Å². The molecule has 0 aromatic rings. The molecule has 0 aliphatic heterocycles. The number of guanidine groups is 1. The molecule has 2 saturated carbocycles. The molecule has 0 aromatic carbocycles. The predicted octanol–water partition coefficient (Wildman–Crippen LogP) is 3.79. The van der Waals surface area contributed by atoms with Crippen LogP contribution in [0.5, 0.6) is 0 Å². The zero-order chi connectivity index (χ0) is 15.6. The molecule has 0 radical (unpaired) electrons. The fourth-order valence-corrected chi connectivity index (χ4v) is 4.23. The molecule has 136 valence electrons. The van der Waals surface area contributed by atoms with E-state index in [1.165, 1.54) is 51.4 Å².